The number of aliphatic hydroxyl groups excluding tert-OH is 1. The average molecular weight is 584 g/mol. The number of carbonyl (C=O) groups is 2. The van der Waals surface area contributed by atoms with Crippen LogP contribution in [0.3, 0.4) is 0 Å². The molecule has 3 aromatic rings. The number of aromatic nitrogens is 4. The number of hydrogen-bond acceptors (Lipinski definition) is 10. The average Bonchev–Trinajstić information content (AvgIpc) is 3.41. The quantitative estimate of drug-likeness (QED) is 0.362. The maximum absolute atomic E-state index is 13.1. The second kappa shape index (κ2) is 12.3. The van der Waals surface area contributed by atoms with Crippen LogP contribution in [0.1, 0.15) is 50.0 Å². The zero-order chi connectivity index (χ0) is 28.2. The highest BCUT2D eigenvalue weighted by Crippen LogP contribution is 2.35. The minimum absolute atomic E-state index is 0.0863. The molecule has 15 heteroatoms. The van der Waals surface area contributed by atoms with Crippen LogP contribution in [-0.2, 0) is 6.18 Å². The molecule has 0 spiro atoms. The molecule has 3 aromatic heterocycles. The van der Waals surface area contributed by atoms with Crippen LogP contribution in [0.2, 0.25) is 5.02 Å². The van der Waals surface area contributed by atoms with E-state index >= 15 is 0 Å². The van der Waals surface area contributed by atoms with Crippen molar-refractivity contribution in [2.24, 2.45) is 0 Å². The second-order valence-electron chi connectivity index (χ2n) is 8.91. The number of thiazole rings is 1. The van der Waals surface area contributed by atoms with E-state index in [4.69, 9.17) is 16.7 Å². The molecule has 0 aromatic carbocycles. The van der Waals surface area contributed by atoms with Crippen molar-refractivity contribution in [1.82, 2.24) is 24.8 Å². The molecular formula is C24H25ClF3N7O3S. The van der Waals surface area contributed by atoms with Crippen molar-refractivity contribution in [2.45, 2.75) is 25.4 Å². The van der Waals surface area contributed by atoms with Crippen molar-refractivity contribution in [1.29, 1.82) is 0 Å². The number of nitrogens with one attached hydrogen (secondary N) is 1. The summed E-state index contributed by atoms with van der Waals surface area (Å²) >= 11 is 6.61. The Kier molecular flexibility index (Phi) is 9.10. The Labute approximate surface area is 230 Å². The summed E-state index contributed by atoms with van der Waals surface area (Å²) in [6.45, 7) is 5.51. The largest absolute Gasteiger partial charge is 0.418 e. The maximum Gasteiger partial charge on any atom is 0.418 e. The molecule has 0 radical (unpaired) electrons. The first-order valence-corrected chi connectivity index (χ1v) is 13.2. The lowest BCUT2D eigenvalue weighted by Gasteiger charge is -2.35. The Balaban J connectivity index is 1.37. The predicted molar refractivity (Wildman–Crippen MR) is 139 cm³/mol. The minimum atomic E-state index is -4.70. The summed E-state index contributed by atoms with van der Waals surface area (Å²) in [7, 11) is 0. The maximum atomic E-state index is 13.1. The number of nitrogens with zero attached hydrogens (tertiary/aromatic N) is 6. The van der Waals surface area contributed by atoms with Gasteiger partial charge in [0.25, 0.3) is 5.91 Å². The summed E-state index contributed by atoms with van der Waals surface area (Å²) < 4.78 is 39.3. The molecule has 1 aliphatic heterocycles. The number of hydrogen-bond donors (Lipinski definition) is 2. The highest BCUT2D eigenvalue weighted by molar-refractivity contribution is 7.13. The molecule has 1 aliphatic rings. The van der Waals surface area contributed by atoms with E-state index in [-0.39, 0.29) is 41.1 Å². The fraction of sp³-hybridized carbons (Fsp3) is 0.417. The van der Waals surface area contributed by atoms with E-state index in [1.54, 1.807) is 13.0 Å². The molecular weight excluding hydrogens is 559 g/mol. The van der Waals surface area contributed by atoms with Gasteiger partial charge in [0.15, 0.2) is 5.78 Å². The second-order valence-corrected chi connectivity index (χ2v) is 10.4. The number of rotatable bonds is 9. The number of carbonyl (C=O) groups excluding carboxylic acids is 2. The van der Waals surface area contributed by atoms with Crippen LogP contribution in [0.25, 0.3) is 0 Å². The topological polar surface area (TPSA) is 124 Å². The minimum Gasteiger partial charge on any atom is -0.395 e. The summed E-state index contributed by atoms with van der Waals surface area (Å²) in [6, 6.07) is 2.32. The van der Waals surface area contributed by atoms with Crippen LogP contribution in [0, 0.1) is 0 Å². The Morgan fingerprint density at radius 2 is 1.87 bits per heavy atom. The smallest absolute Gasteiger partial charge is 0.395 e. The summed E-state index contributed by atoms with van der Waals surface area (Å²) in [5.74, 6) is -0.877. The normalized spacial score (nSPS) is 15.3. The van der Waals surface area contributed by atoms with Gasteiger partial charge in [0.05, 0.1) is 28.4 Å². The van der Waals surface area contributed by atoms with E-state index in [1.807, 2.05) is 0 Å². The van der Waals surface area contributed by atoms with E-state index in [9.17, 15) is 22.8 Å². The van der Waals surface area contributed by atoms with Gasteiger partial charge in [0, 0.05) is 57.3 Å². The SMILES string of the molecule is C[C@@H](CC(=O)c1cc(N2CCN(CCO)CC2)ncn1)c1ncc(C(=O)Nc2cc(C(F)(F)F)c(Cl)cn2)s1. The monoisotopic (exact) mass is 583 g/mol. The van der Waals surface area contributed by atoms with Crippen LogP contribution in [0.4, 0.5) is 24.8 Å². The van der Waals surface area contributed by atoms with Gasteiger partial charge in [-0.05, 0) is 6.07 Å². The number of β-amino-alcohol motifs (C(OH)–C–C–N with tert-alkyl or cyclic N) is 1. The highest BCUT2D eigenvalue weighted by Gasteiger charge is 2.34. The van der Waals surface area contributed by atoms with Gasteiger partial charge in [-0.2, -0.15) is 13.2 Å². The van der Waals surface area contributed by atoms with Crippen molar-refractivity contribution in [2.75, 3.05) is 49.5 Å². The van der Waals surface area contributed by atoms with Gasteiger partial charge in [-0.25, -0.2) is 19.9 Å². The number of piperazine rings is 1. The lowest BCUT2D eigenvalue weighted by molar-refractivity contribution is -0.137. The number of ketones is 1. The lowest BCUT2D eigenvalue weighted by atomic mass is 10.0. The number of pyridine rings is 1. The van der Waals surface area contributed by atoms with Gasteiger partial charge < -0.3 is 15.3 Å². The third-order valence-corrected chi connectivity index (χ3v) is 7.64. The van der Waals surface area contributed by atoms with E-state index in [1.165, 1.54) is 12.5 Å². The van der Waals surface area contributed by atoms with Crippen LogP contribution in [0.15, 0.2) is 30.9 Å². The Morgan fingerprint density at radius 3 is 2.56 bits per heavy atom. The van der Waals surface area contributed by atoms with Crippen molar-refractivity contribution in [3.63, 3.8) is 0 Å². The third-order valence-electron chi connectivity index (χ3n) is 6.11. The van der Waals surface area contributed by atoms with Crippen molar-refractivity contribution < 1.29 is 27.9 Å². The van der Waals surface area contributed by atoms with Crippen LogP contribution in [0.5, 0.6) is 0 Å². The van der Waals surface area contributed by atoms with Crippen molar-refractivity contribution in [3.8, 4) is 0 Å². The molecule has 1 fully saturated rings. The molecule has 1 atom stereocenters. The Hall–Kier alpha value is -3.20. The van der Waals surface area contributed by atoms with Gasteiger partial charge in [-0.3, -0.25) is 14.5 Å². The van der Waals surface area contributed by atoms with Crippen molar-refractivity contribution in [3.05, 3.63) is 57.0 Å². The van der Waals surface area contributed by atoms with Crippen LogP contribution >= 0.6 is 22.9 Å². The van der Waals surface area contributed by atoms with E-state index in [2.05, 4.69) is 35.1 Å². The van der Waals surface area contributed by atoms with Crippen LogP contribution in [-0.4, -0.2) is 81.0 Å². The summed E-state index contributed by atoms with van der Waals surface area (Å²) in [5.41, 5.74) is -0.836. The zero-order valence-electron chi connectivity index (χ0n) is 20.8. The molecule has 0 bridgehead atoms. The fourth-order valence-corrected chi connectivity index (χ4v) is 5.08. The molecule has 0 unspecified atom stereocenters. The molecule has 2 N–H and O–H groups in total. The number of anilines is 2. The first-order chi connectivity index (χ1) is 18.5. The molecule has 0 saturated carbocycles. The number of amides is 1. The first kappa shape index (κ1) is 28.8. The van der Waals surface area contributed by atoms with E-state index < -0.39 is 22.7 Å². The molecule has 1 amide bonds. The summed E-state index contributed by atoms with van der Waals surface area (Å²) in [6.07, 6.45) is -1.13. The standard InChI is InChI=1S/C24H25ClF3N7O3S/c1-14(8-18(37)17-10-21(32-13-31-17)35-4-2-34(3-5-35)6-7-36)23-30-12-19(39-23)22(38)33-20-9-15(24(26,27)28)16(25)11-29-20/h9-14,36H,2-8H2,1H3,(H,29,33,38)/t14-/m0/s1. The molecule has 0 aliphatic carbocycles. The lowest BCUT2D eigenvalue weighted by Crippen LogP contribution is -2.47. The highest BCUT2D eigenvalue weighted by atomic mass is 35.5. The summed E-state index contributed by atoms with van der Waals surface area (Å²) in [5, 5.41) is 11.4. The predicted octanol–water partition coefficient (Wildman–Crippen LogP) is 3.74. The van der Waals surface area contributed by atoms with E-state index in [0.29, 0.717) is 36.5 Å². The fourth-order valence-electron chi connectivity index (χ4n) is 4.01. The molecule has 39 heavy (non-hydrogen) atoms. The number of halogens is 4. The van der Waals surface area contributed by atoms with Gasteiger partial charge in [0.1, 0.15) is 28.5 Å². The van der Waals surface area contributed by atoms with E-state index in [0.717, 1.165) is 30.6 Å². The van der Waals surface area contributed by atoms with Gasteiger partial charge >= 0.3 is 6.18 Å². The van der Waals surface area contributed by atoms with Gasteiger partial charge in [0.2, 0.25) is 0 Å². The molecule has 4 heterocycles. The Morgan fingerprint density at radius 1 is 1.13 bits per heavy atom. The zero-order valence-corrected chi connectivity index (χ0v) is 22.4. The number of Topliss-reactive ketones (excluding diaryl/α,β-unsaturated/α-hetero) is 1. The summed E-state index contributed by atoms with van der Waals surface area (Å²) in [4.78, 5) is 46.3. The molecule has 1 saturated heterocycles. The Bertz CT molecular complexity index is 1330. The van der Waals surface area contributed by atoms with Crippen LogP contribution < -0.4 is 10.2 Å². The number of alkyl halides is 3. The molecule has 4 rings (SSSR count). The molecule has 208 valence electrons. The van der Waals surface area contributed by atoms with Gasteiger partial charge in [-0.15, -0.1) is 11.3 Å². The van der Waals surface area contributed by atoms with Crippen molar-refractivity contribution >= 4 is 46.3 Å². The molecule has 10 nitrogen and oxygen atoms in total. The first-order valence-electron chi connectivity index (χ1n) is 12.0. The third kappa shape index (κ3) is 7.26. The number of aliphatic hydroxyl groups is 1. The van der Waals surface area contributed by atoms with Gasteiger partial charge in [-0.1, -0.05) is 18.5 Å².